The number of rotatable bonds is 3. The van der Waals surface area contributed by atoms with E-state index in [0.29, 0.717) is 5.92 Å². The number of H-pyrrole nitrogens is 1. The Hall–Kier alpha value is -2.49. The van der Waals surface area contributed by atoms with Gasteiger partial charge in [0.1, 0.15) is 17.1 Å². The minimum atomic E-state index is 0.485. The van der Waals surface area contributed by atoms with Crippen LogP contribution in [0.1, 0.15) is 11.1 Å². The molecule has 0 radical (unpaired) electrons. The molecule has 0 saturated heterocycles. The summed E-state index contributed by atoms with van der Waals surface area (Å²) in [5, 5.41) is 1.17. The number of benzene rings is 1. The lowest BCUT2D eigenvalue weighted by Gasteiger charge is -2.25. The number of aromatic nitrogens is 2. The number of nitrogens with zero attached hydrogens (tertiary/aromatic N) is 1. The summed E-state index contributed by atoms with van der Waals surface area (Å²) in [5.74, 6) is 2.29. The summed E-state index contributed by atoms with van der Waals surface area (Å²) in [7, 11) is 1.68. The smallest absolute Gasteiger partial charge is 0.137 e. The Morgan fingerprint density at radius 3 is 3.18 bits per heavy atom. The molecular weight excluding hydrogens is 276 g/mol. The van der Waals surface area contributed by atoms with Crippen molar-refractivity contribution in [2.45, 2.75) is 12.8 Å². The number of hydrogen-bond acceptors (Lipinski definition) is 3. The molecule has 2 aromatic heterocycles. The first-order chi connectivity index (χ1) is 10.8. The van der Waals surface area contributed by atoms with Gasteiger partial charge in [0.25, 0.3) is 0 Å². The van der Waals surface area contributed by atoms with Crippen LogP contribution in [-0.2, 0) is 12.8 Å². The van der Waals surface area contributed by atoms with Crippen LogP contribution in [0.5, 0.6) is 11.5 Å². The molecule has 0 saturated carbocycles. The van der Waals surface area contributed by atoms with Crippen molar-refractivity contribution in [3.63, 3.8) is 0 Å². The van der Waals surface area contributed by atoms with Gasteiger partial charge in [-0.05, 0) is 42.2 Å². The maximum absolute atomic E-state index is 5.92. The Labute approximate surface area is 129 Å². The zero-order chi connectivity index (χ0) is 14.9. The number of fused-ring (bicyclic) bond motifs is 2. The summed E-state index contributed by atoms with van der Waals surface area (Å²) in [5.41, 5.74) is 3.46. The van der Waals surface area contributed by atoms with Crippen LogP contribution < -0.4 is 9.47 Å². The van der Waals surface area contributed by atoms with E-state index in [2.05, 4.69) is 28.2 Å². The third-order valence-electron chi connectivity index (χ3n) is 4.24. The van der Waals surface area contributed by atoms with Gasteiger partial charge in [0.2, 0.25) is 0 Å². The molecule has 0 aliphatic carbocycles. The summed E-state index contributed by atoms with van der Waals surface area (Å²) < 4.78 is 11.2. The normalized spacial score (nSPS) is 17.0. The van der Waals surface area contributed by atoms with Gasteiger partial charge in [0, 0.05) is 29.8 Å². The fraction of sp³-hybridized carbons (Fsp3) is 0.278. The largest absolute Gasteiger partial charge is 0.497 e. The molecule has 22 heavy (non-hydrogen) atoms. The molecule has 0 fully saturated rings. The highest BCUT2D eigenvalue weighted by Gasteiger charge is 2.21. The van der Waals surface area contributed by atoms with E-state index in [9.17, 15) is 0 Å². The molecule has 1 aliphatic heterocycles. The fourth-order valence-corrected chi connectivity index (χ4v) is 3.10. The van der Waals surface area contributed by atoms with Gasteiger partial charge in [0.05, 0.1) is 13.7 Å². The molecule has 1 N–H and O–H groups in total. The molecular formula is C18H18N2O2. The van der Waals surface area contributed by atoms with E-state index >= 15 is 0 Å². The van der Waals surface area contributed by atoms with E-state index in [1.807, 2.05) is 24.5 Å². The van der Waals surface area contributed by atoms with E-state index in [1.165, 1.54) is 16.5 Å². The maximum atomic E-state index is 5.92. The van der Waals surface area contributed by atoms with Crippen molar-refractivity contribution in [2.75, 3.05) is 13.7 Å². The summed E-state index contributed by atoms with van der Waals surface area (Å²) in [4.78, 5) is 7.59. The van der Waals surface area contributed by atoms with E-state index in [-0.39, 0.29) is 0 Å². The van der Waals surface area contributed by atoms with Gasteiger partial charge in [-0.2, -0.15) is 0 Å². The zero-order valence-electron chi connectivity index (χ0n) is 12.5. The number of methoxy groups -OCH3 is 1. The number of ether oxygens (including phenoxy) is 2. The monoisotopic (exact) mass is 294 g/mol. The first kappa shape index (κ1) is 13.2. The van der Waals surface area contributed by atoms with Crippen LogP contribution in [0.2, 0.25) is 0 Å². The van der Waals surface area contributed by atoms with E-state index in [4.69, 9.17) is 9.47 Å². The average molecular weight is 294 g/mol. The van der Waals surface area contributed by atoms with Crippen molar-refractivity contribution in [1.82, 2.24) is 9.97 Å². The van der Waals surface area contributed by atoms with Gasteiger partial charge in [0.15, 0.2) is 0 Å². The van der Waals surface area contributed by atoms with Gasteiger partial charge in [-0.25, -0.2) is 4.98 Å². The Morgan fingerprint density at radius 2 is 2.27 bits per heavy atom. The molecule has 0 bridgehead atoms. The predicted molar refractivity (Wildman–Crippen MR) is 85.5 cm³/mol. The predicted octanol–water partition coefficient (Wildman–Crippen LogP) is 3.37. The molecule has 3 aromatic rings. The zero-order valence-corrected chi connectivity index (χ0v) is 12.5. The lowest BCUT2D eigenvalue weighted by molar-refractivity contribution is 0.220. The van der Waals surface area contributed by atoms with Crippen LogP contribution in [0.3, 0.4) is 0 Å². The summed E-state index contributed by atoms with van der Waals surface area (Å²) in [6.07, 6.45) is 5.90. The Morgan fingerprint density at radius 1 is 1.32 bits per heavy atom. The van der Waals surface area contributed by atoms with Gasteiger partial charge in [-0.1, -0.05) is 6.07 Å². The van der Waals surface area contributed by atoms with Crippen molar-refractivity contribution in [3.05, 3.63) is 53.9 Å². The molecule has 1 aromatic carbocycles. The van der Waals surface area contributed by atoms with Gasteiger partial charge < -0.3 is 14.5 Å². The van der Waals surface area contributed by atoms with Crippen LogP contribution in [-0.4, -0.2) is 23.7 Å². The maximum Gasteiger partial charge on any atom is 0.137 e. The number of nitrogens with one attached hydrogen (secondary N) is 1. The van der Waals surface area contributed by atoms with Crippen LogP contribution in [0.25, 0.3) is 11.0 Å². The first-order valence-corrected chi connectivity index (χ1v) is 7.53. The molecule has 1 atom stereocenters. The molecule has 3 heterocycles. The van der Waals surface area contributed by atoms with E-state index in [0.717, 1.165) is 36.6 Å². The van der Waals surface area contributed by atoms with E-state index in [1.54, 1.807) is 7.11 Å². The number of aromatic amines is 1. The topological polar surface area (TPSA) is 47.1 Å². The van der Waals surface area contributed by atoms with E-state index < -0.39 is 0 Å². The van der Waals surface area contributed by atoms with Gasteiger partial charge in [-0.15, -0.1) is 0 Å². The lowest BCUT2D eigenvalue weighted by atomic mass is 9.91. The standard InChI is InChI=1S/C18H18N2O2/c1-21-16-3-2-14-8-13(11-22-17(14)9-16)6-12-7-15-4-5-19-18(15)20-10-12/h2-5,7,9-10,13H,6,8,11H2,1H3,(H,19,20). The second-order valence-electron chi connectivity index (χ2n) is 5.82. The van der Waals surface area contributed by atoms with Crippen LogP contribution in [0, 0.1) is 5.92 Å². The van der Waals surface area contributed by atoms with Gasteiger partial charge in [-0.3, -0.25) is 0 Å². The van der Waals surface area contributed by atoms with Gasteiger partial charge >= 0.3 is 0 Å². The Kier molecular flexibility index (Phi) is 3.22. The van der Waals surface area contributed by atoms with Crippen LogP contribution >= 0.6 is 0 Å². The Balaban J connectivity index is 1.52. The summed E-state index contributed by atoms with van der Waals surface area (Å²) >= 11 is 0. The van der Waals surface area contributed by atoms with Crippen molar-refractivity contribution >= 4 is 11.0 Å². The van der Waals surface area contributed by atoms with Crippen molar-refractivity contribution in [3.8, 4) is 11.5 Å². The van der Waals surface area contributed by atoms with Crippen LogP contribution in [0.15, 0.2) is 42.7 Å². The molecule has 0 spiro atoms. The highest BCUT2D eigenvalue weighted by atomic mass is 16.5. The van der Waals surface area contributed by atoms with Crippen LogP contribution in [0.4, 0.5) is 0 Å². The molecule has 4 heteroatoms. The van der Waals surface area contributed by atoms with Crippen molar-refractivity contribution < 1.29 is 9.47 Å². The highest BCUT2D eigenvalue weighted by molar-refractivity contribution is 5.75. The minimum Gasteiger partial charge on any atom is -0.497 e. The average Bonchev–Trinajstić information content (AvgIpc) is 3.02. The summed E-state index contributed by atoms with van der Waals surface area (Å²) in [6, 6.07) is 10.3. The molecule has 4 nitrogen and oxygen atoms in total. The number of pyridine rings is 1. The minimum absolute atomic E-state index is 0.485. The molecule has 4 rings (SSSR count). The second-order valence-corrected chi connectivity index (χ2v) is 5.82. The third-order valence-corrected chi connectivity index (χ3v) is 4.24. The quantitative estimate of drug-likeness (QED) is 0.805. The molecule has 1 unspecified atom stereocenters. The highest BCUT2D eigenvalue weighted by Crippen LogP contribution is 2.32. The first-order valence-electron chi connectivity index (χ1n) is 7.53. The fourth-order valence-electron chi connectivity index (χ4n) is 3.10. The third kappa shape index (κ3) is 2.41. The molecule has 112 valence electrons. The lowest BCUT2D eigenvalue weighted by Crippen LogP contribution is -2.22. The molecule has 1 aliphatic rings. The SMILES string of the molecule is COc1ccc2c(c1)OCC(Cc1cnc3[nH]ccc3c1)C2. The van der Waals surface area contributed by atoms with Crippen molar-refractivity contribution in [2.24, 2.45) is 5.92 Å². The number of hydrogen-bond donors (Lipinski definition) is 1. The molecule has 0 amide bonds. The van der Waals surface area contributed by atoms with Crippen molar-refractivity contribution in [1.29, 1.82) is 0 Å². The summed E-state index contributed by atoms with van der Waals surface area (Å²) in [6.45, 7) is 0.741. The second kappa shape index (κ2) is 5.37. The Bertz CT molecular complexity index is 810.